The molecule has 0 aliphatic carbocycles. The molecule has 3 aromatic rings. The molecule has 1 unspecified atom stereocenters. The molecule has 0 bridgehead atoms. The Bertz CT molecular complexity index is 837. The molecule has 0 fully saturated rings. The highest BCUT2D eigenvalue weighted by Crippen LogP contribution is 2.41. The van der Waals surface area contributed by atoms with Crippen molar-refractivity contribution in [2.45, 2.75) is 25.0 Å². The van der Waals surface area contributed by atoms with E-state index in [1.807, 2.05) is 42.5 Å². The number of benzene rings is 3. The van der Waals surface area contributed by atoms with Crippen LogP contribution in [-0.4, -0.2) is 34.0 Å². The summed E-state index contributed by atoms with van der Waals surface area (Å²) in [5, 5.41) is 0. The van der Waals surface area contributed by atoms with Gasteiger partial charge < -0.3 is 18.9 Å². The van der Waals surface area contributed by atoms with Gasteiger partial charge in [-0.25, -0.2) is 0 Å². The zero-order chi connectivity index (χ0) is 21.4. The van der Waals surface area contributed by atoms with Gasteiger partial charge in [-0.1, -0.05) is 61.5 Å². The second-order valence-electron chi connectivity index (χ2n) is 7.08. The molecule has 1 atom stereocenters. The van der Waals surface area contributed by atoms with Crippen LogP contribution in [0.3, 0.4) is 0 Å². The van der Waals surface area contributed by atoms with E-state index in [-0.39, 0.29) is 6.10 Å². The Hall–Kier alpha value is -2.82. The van der Waals surface area contributed by atoms with Crippen molar-refractivity contribution >= 4 is 0 Å². The zero-order valence-electron chi connectivity index (χ0n) is 18.1. The van der Waals surface area contributed by atoms with Crippen LogP contribution >= 0.6 is 0 Å². The van der Waals surface area contributed by atoms with Gasteiger partial charge in [-0.05, 0) is 47.4 Å². The molecule has 0 saturated carbocycles. The van der Waals surface area contributed by atoms with Gasteiger partial charge in [0.05, 0.1) is 26.9 Å². The maximum atomic E-state index is 6.77. The molecule has 0 spiro atoms. The van der Waals surface area contributed by atoms with E-state index < -0.39 is 5.60 Å². The predicted octanol–water partition coefficient (Wildman–Crippen LogP) is 5.44. The summed E-state index contributed by atoms with van der Waals surface area (Å²) < 4.78 is 23.1. The van der Waals surface area contributed by atoms with Crippen molar-refractivity contribution in [2.75, 3.05) is 27.9 Å². The molecule has 3 rings (SSSR count). The van der Waals surface area contributed by atoms with Crippen molar-refractivity contribution in [3.05, 3.63) is 95.6 Å². The Morgan fingerprint density at radius 1 is 0.667 bits per heavy atom. The summed E-state index contributed by atoms with van der Waals surface area (Å²) in [7, 11) is 5.07. The van der Waals surface area contributed by atoms with Crippen LogP contribution in [-0.2, 0) is 15.1 Å². The summed E-state index contributed by atoms with van der Waals surface area (Å²) in [5.41, 5.74) is 2.29. The summed E-state index contributed by atoms with van der Waals surface area (Å²) in [6.45, 7) is 2.56. The van der Waals surface area contributed by atoms with Gasteiger partial charge in [0.15, 0.2) is 0 Å². The topological polar surface area (TPSA) is 36.9 Å². The van der Waals surface area contributed by atoms with Gasteiger partial charge in [-0.15, -0.1) is 0 Å². The van der Waals surface area contributed by atoms with Gasteiger partial charge in [-0.3, -0.25) is 0 Å². The van der Waals surface area contributed by atoms with Crippen LogP contribution in [0.5, 0.6) is 11.5 Å². The molecule has 158 valence electrons. The van der Waals surface area contributed by atoms with Crippen LogP contribution in [0.1, 0.15) is 30.0 Å². The van der Waals surface area contributed by atoms with Crippen LogP contribution in [0.25, 0.3) is 0 Å². The SMILES string of the molecule is CCC(COC(c1ccccc1)(c1ccc(OC)cc1)c1ccc(OC)cc1)OC. The maximum absolute atomic E-state index is 6.77. The largest absolute Gasteiger partial charge is 0.497 e. The monoisotopic (exact) mass is 406 g/mol. The Morgan fingerprint density at radius 2 is 1.13 bits per heavy atom. The third kappa shape index (κ3) is 4.50. The number of ether oxygens (including phenoxy) is 4. The predicted molar refractivity (Wildman–Crippen MR) is 119 cm³/mol. The van der Waals surface area contributed by atoms with Gasteiger partial charge >= 0.3 is 0 Å². The molecule has 4 heteroatoms. The molecule has 4 nitrogen and oxygen atoms in total. The highest BCUT2D eigenvalue weighted by molar-refractivity contribution is 5.49. The average Bonchev–Trinajstić information content (AvgIpc) is 2.83. The van der Waals surface area contributed by atoms with Gasteiger partial charge in [0.2, 0.25) is 0 Å². The van der Waals surface area contributed by atoms with Crippen molar-refractivity contribution in [2.24, 2.45) is 0 Å². The minimum atomic E-state index is -0.800. The lowest BCUT2D eigenvalue weighted by Gasteiger charge is -2.37. The van der Waals surface area contributed by atoms with E-state index in [1.165, 1.54) is 0 Å². The lowest BCUT2D eigenvalue weighted by molar-refractivity contribution is -0.0524. The summed E-state index contributed by atoms with van der Waals surface area (Å²) in [5.74, 6) is 1.61. The van der Waals surface area contributed by atoms with Crippen LogP contribution in [0, 0.1) is 0 Å². The lowest BCUT2D eigenvalue weighted by Crippen LogP contribution is -2.36. The molecule has 0 radical (unpaired) electrons. The second-order valence-corrected chi connectivity index (χ2v) is 7.08. The van der Waals surface area contributed by atoms with E-state index in [0.29, 0.717) is 6.61 Å². The van der Waals surface area contributed by atoms with E-state index >= 15 is 0 Å². The van der Waals surface area contributed by atoms with Gasteiger partial charge in [-0.2, -0.15) is 0 Å². The molecule has 0 aliphatic heterocycles. The molecule has 0 aromatic heterocycles. The highest BCUT2D eigenvalue weighted by atomic mass is 16.5. The quantitative estimate of drug-likeness (QED) is 0.420. The molecule has 0 aliphatic rings. The standard InChI is InChI=1S/C26H30O4/c1-5-23(27-2)19-30-26(20-9-7-6-8-10-20,21-11-15-24(28-3)16-12-21)22-13-17-25(29-4)18-14-22/h6-18,23H,5,19H2,1-4H3. The molecule has 0 saturated heterocycles. The van der Waals surface area contributed by atoms with Gasteiger partial charge in [0.25, 0.3) is 0 Å². The number of hydrogen-bond donors (Lipinski definition) is 0. The lowest BCUT2D eigenvalue weighted by atomic mass is 9.80. The first-order valence-corrected chi connectivity index (χ1v) is 10.2. The Morgan fingerprint density at radius 3 is 1.53 bits per heavy atom. The fraction of sp³-hybridized carbons (Fsp3) is 0.308. The number of hydrogen-bond acceptors (Lipinski definition) is 4. The summed E-state index contributed by atoms with van der Waals surface area (Å²) >= 11 is 0. The van der Waals surface area contributed by atoms with E-state index in [0.717, 1.165) is 34.6 Å². The Kier molecular flexibility index (Phi) is 7.50. The van der Waals surface area contributed by atoms with Crippen LogP contribution in [0.2, 0.25) is 0 Å². The van der Waals surface area contributed by atoms with E-state index in [2.05, 4.69) is 43.3 Å². The highest BCUT2D eigenvalue weighted by Gasteiger charge is 2.38. The van der Waals surface area contributed by atoms with Crippen LogP contribution in [0.4, 0.5) is 0 Å². The molecule has 30 heavy (non-hydrogen) atoms. The Labute approximate surface area is 179 Å². The van der Waals surface area contributed by atoms with Gasteiger partial charge in [0.1, 0.15) is 17.1 Å². The third-order valence-electron chi connectivity index (χ3n) is 5.45. The number of methoxy groups -OCH3 is 3. The normalized spacial score (nSPS) is 12.4. The zero-order valence-corrected chi connectivity index (χ0v) is 18.1. The Balaban J connectivity index is 2.20. The molecule has 0 N–H and O–H groups in total. The fourth-order valence-corrected chi connectivity index (χ4v) is 3.64. The van der Waals surface area contributed by atoms with Crippen LogP contribution in [0.15, 0.2) is 78.9 Å². The molecular weight excluding hydrogens is 376 g/mol. The van der Waals surface area contributed by atoms with Crippen molar-refractivity contribution < 1.29 is 18.9 Å². The van der Waals surface area contributed by atoms with Gasteiger partial charge in [0, 0.05) is 7.11 Å². The smallest absolute Gasteiger partial charge is 0.143 e. The van der Waals surface area contributed by atoms with E-state index in [1.54, 1.807) is 21.3 Å². The molecule has 0 heterocycles. The van der Waals surface area contributed by atoms with Crippen molar-refractivity contribution in [3.8, 4) is 11.5 Å². The maximum Gasteiger partial charge on any atom is 0.143 e. The van der Waals surface area contributed by atoms with E-state index in [9.17, 15) is 0 Å². The van der Waals surface area contributed by atoms with Crippen molar-refractivity contribution in [1.82, 2.24) is 0 Å². The van der Waals surface area contributed by atoms with Crippen molar-refractivity contribution in [1.29, 1.82) is 0 Å². The summed E-state index contributed by atoms with van der Waals surface area (Å²) in [6.07, 6.45) is 0.872. The summed E-state index contributed by atoms with van der Waals surface area (Å²) in [6, 6.07) is 26.4. The third-order valence-corrected chi connectivity index (χ3v) is 5.45. The van der Waals surface area contributed by atoms with Crippen LogP contribution < -0.4 is 9.47 Å². The fourth-order valence-electron chi connectivity index (χ4n) is 3.64. The first kappa shape index (κ1) is 21.9. The van der Waals surface area contributed by atoms with Crippen molar-refractivity contribution in [3.63, 3.8) is 0 Å². The average molecular weight is 407 g/mol. The molecule has 0 amide bonds. The molecule has 3 aromatic carbocycles. The van der Waals surface area contributed by atoms with E-state index in [4.69, 9.17) is 18.9 Å². The summed E-state index contributed by atoms with van der Waals surface area (Å²) in [4.78, 5) is 0. The molecular formula is C26H30O4. The first-order chi connectivity index (χ1) is 14.7. The second kappa shape index (κ2) is 10.3. The minimum Gasteiger partial charge on any atom is -0.497 e. The number of rotatable bonds is 10. The first-order valence-electron chi connectivity index (χ1n) is 10.2. The minimum absolute atomic E-state index is 0.00424.